The van der Waals surface area contributed by atoms with Crippen LogP contribution >= 0.6 is 0 Å². The van der Waals surface area contributed by atoms with E-state index in [1.165, 1.54) is 24.0 Å². The first-order chi connectivity index (χ1) is 16.6. The summed E-state index contributed by atoms with van der Waals surface area (Å²) in [4.78, 5) is 13.7. The molecule has 3 aliphatic rings. The lowest BCUT2D eigenvalue weighted by atomic mass is 9.97. The first-order valence-corrected chi connectivity index (χ1v) is 12.5. The molecule has 2 aromatic carbocycles. The number of hydrogen-bond acceptors (Lipinski definition) is 4. The van der Waals surface area contributed by atoms with Gasteiger partial charge >= 0.3 is 0 Å². The van der Waals surface area contributed by atoms with Gasteiger partial charge in [0.1, 0.15) is 11.9 Å². The van der Waals surface area contributed by atoms with Gasteiger partial charge in [0.2, 0.25) is 5.91 Å². The molecule has 1 amide bonds. The molecule has 2 N–H and O–H groups in total. The van der Waals surface area contributed by atoms with Crippen molar-refractivity contribution in [2.75, 3.05) is 13.2 Å². The molecule has 34 heavy (non-hydrogen) atoms. The van der Waals surface area contributed by atoms with Gasteiger partial charge in [-0.15, -0.1) is 0 Å². The third kappa shape index (κ3) is 5.61. The lowest BCUT2D eigenvalue weighted by molar-refractivity contribution is -0.119. The van der Waals surface area contributed by atoms with E-state index in [4.69, 9.17) is 4.74 Å². The molecule has 1 saturated carbocycles. The summed E-state index contributed by atoms with van der Waals surface area (Å²) in [5.41, 5.74) is 5.26. The number of carbonyl (C=O) groups is 1. The summed E-state index contributed by atoms with van der Waals surface area (Å²) in [7, 11) is 0. The van der Waals surface area contributed by atoms with Gasteiger partial charge in [-0.25, -0.2) is 4.39 Å². The van der Waals surface area contributed by atoms with E-state index in [9.17, 15) is 4.79 Å². The minimum atomic E-state index is -0.993. The van der Waals surface area contributed by atoms with Crippen molar-refractivity contribution in [2.24, 2.45) is 5.92 Å². The van der Waals surface area contributed by atoms with E-state index in [2.05, 4.69) is 39.8 Å². The predicted octanol–water partition coefficient (Wildman–Crippen LogP) is 4.77. The van der Waals surface area contributed by atoms with Crippen LogP contribution in [0.5, 0.6) is 5.75 Å². The van der Waals surface area contributed by atoms with Gasteiger partial charge in [0.25, 0.3) is 0 Å². The number of hydrogen-bond donors (Lipinski definition) is 2. The highest BCUT2D eigenvalue weighted by molar-refractivity contribution is 5.79. The van der Waals surface area contributed by atoms with Crippen LogP contribution in [0.2, 0.25) is 0 Å². The second kappa shape index (κ2) is 10.2. The van der Waals surface area contributed by atoms with Crippen LogP contribution in [-0.4, -0.2) is 30.0 Å². The number of alkyl halides is 1. The number of allylic oxidation sites excluding steroid dienone is 1. The summed E-state index contributed by atoms with van der Waals surface area (Å²) in [6.07, 6.45) is 4.98. The predicted molar refractivity (Wildman–Crippen MR) is 131 cm³/mol. The molecule has 6 heteroatoms. The SMILES string of the molecule is CC=C(NCc1ccc(CN2Cc3ccc(OCC4CC4)cc3C(F)C2)cc1)C1CCC(=O)N1. The van der Waals surface area contributed by atoms with Gasteiger partial charge in [0.05, 0.1) is 12.6 Å². The van der Waals surface area contributed by atoms with E-state index in [1.54, 1.807) is 0 Å². The van der Waals surface area contributed by atoms with Gasteiger partial charge < -0.3 is 15.4 Å². The fourth-order valence-electron chi connectivity index (χ4n) is 4.85. The molecule has 5 nitrogen and oxygen atoms in total. The zero-order valence-corrected chi connectivity index (χ0v) is 19.9. The normalized spacial score (nSPS) is 22.9. The quantitative estimate of drug-likeness (QED) is 0.562. The van der Waals surface area contributed by atoms with Crippen LogP contribution in [0.4, 0.5) is 4.39 Å². The molecule has 2 fully saturated rings. The van der Waals surface area contributed by atoms with Crippen molar-refractivity contribution in [3.63, 3.8) is 0 Å². The first-order valence-electron chi connectivity index (χ1n) is 12.5. The monoisotopic (exact) mass is 463 g/mol. The Morgan fingerprint density at radius 1 is 1.18 bits per heavy atom. The summed E-state index contributed by atoms with van der Waals surface area (Å²) in [5.74, 6) is 1.60. The molecule has 2 atom stereocenters. The molecule has 2 unspecified atom stereocenters. The van der Waals surface area contributed by atoms with Crippen LogP contribution in [0, 0.1) is 5.92 Å². The molecule has 2 heterocycles. The Bertz CT molecular complexity index is 1050. The maximum Gasteiger partial charge on any atom is 0.220 e. The number of amides is 1. The van der Waals surface area contributed by atoms with Crippen molar-refractivity contribution in [1.29, 1.82) is 0 Å². The van der Waals surface area contributed by atoms with Crippen LogP contribution in [0.3, 0.4) is 0 Å². The van der Waals surface area contributed by atoms with E-state index in [0.29, 0.717) is 25.4 Å². The minimum absolute atomic E-state index is 0.0910. The molecule has 0 radical (unpaired) electrons. The van der Waals surface area contributed by atoms with E-state index in [1.807, 2.05) is 31.2 Å². The molecule has 2 aromatic rings. The number of nitrogens with one attached hydrogen (secondary N) is 2. The Kier molecular flexibility index (Phi) is 6.86. The van der Waals surface area contributed by atoms with Gasteiger partial charge in [0, 0.05) is 38.3 Å². The second-order valence-electron chi connectivity index (χ2n) is 9.83. The van der Waals surface area contributed by atoms with Crippen molar-refractivity contribution in [3.05, 3.63) is 76.5 Å². The summed E-state index contributed by atoms with van der Waals surface area (Å²) >= 11 is 0. The van der Waals surface area contributed by atoms with Gasteiger partial charge in [-0.1, -0.05) is 36.4 Å². The standard InChI is InChI=1S/C28H34FN3O2/c1-2-26(27-11-12-28(33)31-27)30-14-19-3-5-20(6-4-19)15-32-16-22-9-10-23(34-18-21-7-8-21)13-24(22)25(29)17-32/h2-6,9-10,13,21,25,27,30H,7-8,11-12,14-18H2,1H3,(H,31,33). The third-order valence-corrected chi connectivity index (χ3v) is 7.06. The number of benzene rings is 2. The fourth-order valence-corrected chi connectivity index (χ4v) is 4.85. The lowest BCUT2D eigenvalue weighted by Gasteiger charge is -2.31. The minimum Gasteiger partial charge on any atom is -0.493 e. The average Bonchev–Trinajstić information content (AvgIpc) is 3.58. The molecular formula is C28H34FN3O2. The number of carbonyl (C=O) groups excluding carboxylic acids is 1. The number of fused-ring (bicyclic) bond motifs is 1. The Morgan fingerprint density at radius 2 is 1.97 bits per heavy atom. The van der Waals surface area contributed by atoms with Crippen molar-refractivity contribution >= 4 is 5.91 Å². The molecule has 0 spiro atoms. The van der Waals surface area contributed by atoms with Crippen LogP contribution in [0.1, 0.15) is 61.0 Å². The number of nitrogens with zero attached hydrogens (tertiary/aromatic N) is 1. The van der Waals surface area contributed by atoms with Crippen LogP contribution in [0.15, 0.2) is 54.2 Å². The maximum absolute atomic E-state index is 15.0. The highest BCUT2D eigenvalue weighted by Crippen LogP contribution is 2.34. The smallest absolute Gasteiger partial charge is 0.220 e. The van der Waals surface area contributed by atoms with Crippen LogP contribution in [-0.2, 0) is 24.4 Å². The zero-order chi connectivity index (χ0) is 23.5. The Morgan fingerprint density at radius 3 is 2.68 bits per heavy atom. The van der Waals surface area contributed by atoms with Crippen molar-refractivity contribution < 1.29 is 13.9 Å². The van der Waals surface area contributed by atoms with Gasteiger partial charge in [-0.05, 0) is 66.5 Å². The Hall–Kier alpha value is -2.86. The lowest BCUT2D eigenvalue weighted by Crippen LogP contribution is -2.33. The Balaban J connectivity index is 1.14. The van der Waals surface area contributed by atoms with Gasteiger partial charge in [-0.3, -0.25) is 9.69 Å². The van der Waals surface area contributed by atoms with Crippen molar-refractivity contribution in [3.8, 4) is 5.75 Å². The number of halogens is 1. The molecule has 0 aromatic heterocycles. The van der Waals surface area contributed by atoms with E-state index in [-0.39, 0.29) is 11.9 Å². The van der Waals surface area contributed by atoms with Crippen LogP contribution in [0.25, 0.3) is 0 Å². The molecular weight excluding hydrogens is 429 g/mol. The highest BCUT2D eigenvalue weighted by Gasteiger charge is 2.27. The average molecular weight is 464 g/mol. The summed E-state index contributed by atoms with van der Waals surface area (Å²) < 4.78 is 20.9. The van der Waals surface area contributed by atoms with Crippen molar-refractivity contribution in [1.82, 2.24) is 15.5 Å². The summed E-state index contributed by atoms with van der Waals surface area (Å²) in [6, 6.07) is 14.5. The number of rotatable bonds is 9. The van der Waals surface area contributed by atoms with Crippen molar-refractivity contribution in [2.45, 2.75) is 64.5 Å². The van der Waals surface area contributed by atoms with Crippen LogP contribution < -0.4 is 15.4 Å². The van der Waals surface area contributed by atoms with Gasteiger partial charge in [-0.2, -0.15) is 0 Å². The maximum atomic E-state index is 15.0. The zero-order valence-electron chi connectivity index (χ0n) is 19.9. The third-order valence-electron chi connectivity index (χ3n) is 7.06. The molecule has 0 bridgehead atoms. The van der Waals surface area contributed by atoms with Gasteiger partial charge in [0.15, 0.2) is 0 Å². The van der Waals surface area contributed by atoms with E-state index >= 15 is 4.39 Å². The van der Waals surface area contributed by atoms with E-state index < -0.39 is 6.17 Å². The molecule has 1 aliphatic carbocycles. The Labute approximate surface area is 201 Å². The fraction of sp³-hybridized carbons (Fsp3) is 0.464. The largest absolute Gasteiger partial charge is 0.493 e. The van der Waals surface area contributed by atoms with E-state index in [0.717, 1.165) is 48.7 Å². The molecule has 2 aliphatic heterocycles. The highest BCUT2D eigenvalue weighted by atomic mass is 19.1. The summed E-state index contributed by atoms with van der Waals surface area (Å²) in [6.45, 7) is 5.33. The topological polar surface area (TPSA) is 53.6 Å². The molecule has 180 valence electrons. The first kappa shape index (κ1) is 22.9. The number of ether oxygens (including phenoxy) is 1. The molecule has 5 rings (SSSR count). The summed E-state index contributed by atoms with van der Waals surface area (Å²) in [5, 5.41) is 6.47. The second-order valence-corrected chi connectivity index (χ2v) is 9.83. The molecule has 1 saturated heterocycles.